The molecule has 1 aliphatic heterocycles. The van der Waals surface area contributed by atoms with Crippen LogP contribution in [0.4, 0.5) is 11.4 Å². The lowest BCUT2D eigenvalue weighted by Crippen LogP contribution is -3.13. The summed E-state index contributed by atoms with van der Waals surface area (Å²) in [5.41, 5.74) is 0.0542. The number of methoxy groups -OCH3 is 1. The normalized spacial score (nSPS) is 15.5. The maximum absolute atomic E-state index is 12.0. The molecule has 114 valence electrons. The number of carbonyl (C=O) groups is 1. The van der Waals surface area contributed by atoms with Crippen LogP contribution in [-0.4, -0.2) is 37.6 Å². The molecule has 0 unspecified atom stereocenters. The van der Waals surface area contributed by atoms with Gasteiger partial charge in [0.25, 0.3) is 11.6 Å². The fourth-order valence-corrected chi connectivity index (χ4v) is 2.55. The molecule has 0 bridgehead atoms. The second-order valence-corrected chi connectivity index (χ2v) is 5.18. The Hall–Kier alpha value is -2.15. The first-order valence-electron chi connectivity index (χ1n) is 7.06. The van der Waals surface area contributed by atoms with Gasteiger partial charge in [-0.1, -0.05) is 0 Å². The SMILES string of the molecule is COc1ccc(NC(=O)C[NH+]2CCCCC2)c([N+](=O)[O-])c1. The molecular formula is C14H20N3O4+. The van der Waals surface area contributed by atoms with Gasteiger partial charge in [-0.05, 0) is 31.4 Å². The molecule has 2 N–H and O–H groups in total. The molecule has 0 radical (unpaired) electrons. The van der Waals surface area contributed by atoms with Crippen molar-refractivity contribution in [3.05, 3.63) is 28.3 Å². The van der Waals surface area contributed by atoms with Crippen molar-refractivity contribution in [1.29, 1.82) is 0 Å². The standard InChI is InChI=1S/C14H19N3O4/c1-21-11-5-6-12(13(9-11)17(19)20)15-14(18)10-16-7-3-2-4-8-16/h5-6,9H,2-4,7-8,10H2,1H3,(H,15,18)/p+1. The van der Waals surface area contributed by atoms with Crippen LogP contribution in [-0.2, 0) is 4.79 Å². The fraction of sp³-hybridized carbons (Fsp3) is 0.500. The molecule has 1 aromatic carbocycles. The van der Waals surface area contributed by atoms with E-state index >= 15 is 0 Å². The number of quaternary nitrogens is 1. The monoisotopic (exact) mass is 294 g/mol. The molecule has 1 saturated heterocycles. The number of nitrogens with zero attached hydrogens (tertiary/aromatic N) is 1. The molecule has 1 aliphatic rings. The summed E-state index contributed by atoms with van der Waals surface area (Å²) >= 11 is 0. The summed E-state index contributed by atoms with van der Waals surface area (Å²) in [6.07, 6.45) is 3.48. The Labute approximate surface area is 123 Å². The topological polar surface area (TPSA) is 85.9 Å². The van der Waals surface area contributed by atoms with Gasteiger partial charge >= 0.3 is 0 Å². The average molecular weight is 294 g/mol. The number of anilines is 1. The quantitative estimate of drug-likeness (QED) is 0.615. The summed E-state index contributed by atoms with van der Waals surface area (Å²) in [5.74, 6) is 0.196. The third-order valence-electron chi connectivity index (χ3n) is 3.65. The molecule has 0 aliphatic carbocycles. The number of piperidine rings is 1. The Morgan fingerprint density at radius 1 is 1.38 bits per heavy atom. The van der Waals surface area contributed by atoms with E-state index in [0.29, 0.717) is 12.3 Å². The van der Waals surface area contributed by atoms with Gasteiger partial charge < -0.3 is 15.0 Å². The molecule has 7 heteroatoms. The number of nitro groups is 1. The van der Waals surface area contributed by atoms with E-state index in [4.69, 9.17) is 4.74 Å². The van der Waals surface area contributed by atoms with Crippen LogP contribution in [0.1, 0.15) is 19.3 Å². The number of rotatable bonds is 5. The van der Waals surface area contributed by atoms with E-state index in [1.807, 2.05) is 0 Å². The molecule has 1 heterocycles. The zero-order chi connectivity index (χ0) is 15.2. The van der Waals surface area contributed by atoms with Crippen LogP contribution in [0.2, 0.25) is 0 Å². The van der Waals surface area contributed by atoms with Crippen LogP contribution in [0.3, 0.4) is 0 Å². The van der Waals surface area contributed by atoms with Crippen LogP contribution in [0.15, 0.2) is 18.2 Å². The largest absolute Gasteiger partial charge is 0.496 e. The minimum Gasteiger partial charge on any atom is -0.496 e. The highest BCUT2D eigenvalue weighted by Crippen LogP contribution is 2.28. The Morgan fingerprint density at radius 3 is 2.71 bits per heavy atom. The molecule has 0 atom stereocenters. The zero-order valence-electron chi connectivity index (χ0n) is 12.1. The van der Waals surface area contributed by atoms with Gasteiger partial charge in [-0.15, -0.1) is 0 Å². The second kappa shape index (κ2) is 7.03. The van der Waals surface area contributed by atoms with Gasteiger partial charge in [-0.3, -0.25) is 14.9 Å². The summed E-state index contributed by atoms with van der Waals surface area (Å²) in [6.45, 7) is 2.32. The van der Waals surface area contributed by atoms with E-state index in [-0.39, 0.29) is 17.3 Å². The number of likely N-dealkylation sites (tertiary alicyclic amines) is 1. The summed E-state index contributed by atoms with van der Waals surface area (Å²) < 4.78 is 4.97. The first kappa shape index (κ1) is 15.2. The number of hydrogen-bond acceptors (Lipinski definition) is 4. The predicted octanol–water partition coefficient (Wildman–Crippen LogP) is 0.611. The number of carbonyl (C=O) groups excluding carboxylic acids is 1. The second-order valence-electron chi connectivity index (χ2n) is 5.18. The predicted molar refractivity (Wildman–Crippen MR) is 77.7 cm³/mol. The zero-order valence-corrected chi connectivity index (χ0v) is 12.1. The van der Waals surface area contributed by atoms with Gasteiger partial charge in [0.1, 0.15) is 11.4 Å². The smallest absolute Gasteiger partial charge is 0.296 e. The molecule has 0 spiro atoms. The van der Waals surface area contributed by atoms with Gasteiger partial charge in [0.2, 0.25) is 0 Å². The molecule has 2 rings (SSSR count). The number of nitrogens with one attached hydrogen (secondary N) is 2. The first-order chi connectivity index (χ1) is 10.1. The minimum absolute atomic E-state index is 0.156. The Balaban J connectivity index is 2.04. The summed E-state index contributed by atoms with van der Waals surface area (Å²) in [4.78, 5) is 23.8. The molecule has 7 nitrogen and oxygen atoms in total. The Morgan fingerprint density at radius 2 is 2.10 bits per heavy atom. The lowest BCUT2D eigenvalue weighted by molar-refractivity contribution is -0.896. The summed E-state index contributed by atoms with van der Waals surface area (Å²) in [6, 6.07) is 4.40. The maximum atomic E-state index is 12.0. The van der Waals surface area contributed by atoms with Crippen molar-refractivity contribution in [3.8, 4) is 5.75 Å². The summed E-state index contributed by atoms with van der Waals surface area (Å²) in [7, 11) is 1.44. The molecule has 0 saturated carbocycles. The molecule has 21 heavy (non-hydrogen) atoms. The van der Waals surface area contributed by atoms with Crippen molar-refractivity contribution in [2.24, 2.45) is 0 Å². The van der Waals surface area contributed by atoms with Crippen LogP contribution >= 0.6 is 0 Å². The lowest BCUT2D eigenvalue weighted by atomic mass is 10.1. The van der Waals surface area contributed by atoms with Gasteiger partial charge in [0.15, 0.2) is 6.54 Å². The third-order valence-corrected chi connectivity index (χ3v) is 3.65. The molecule has 1 fully saturated rings. The highest BCUT2D eigenvalue weighted by molar-refractivity contribution is 5.93. The third kappa shape index (κ3) is 4.16. The number of amides is 1. The molecule has 1 aromatic rings. The fourth-order valence-electron chi connectivity index (χ4n) is 2.55. The molecule has 1 amide bonds. The average Bonchev–Trinajstić information content (AvgIpc) is 2.48. The number of nitro benzene ring substituents is 1. The van der Waals surface area contributed by atoms with E-state index in [0.717, 1.165) is 25.9 Å². The van der Waals surface area contributed by atoms with E-state index in [1.54, 1.807) is 6.07 Å². The number of benzene rings is 1. The van der Waals surface area contributed by atoms with E-state index in [2.05, 4.69) is 5.32 Å². The number of ether oxygens (including phenoxy) is 1. The van der Waals surface area contributed by atoms with E-state index in [1.165, 1.54) is 30.6 Å². The highest BCUT2D eigenvalue weighted by Gasteiger charge is 2.21. The van der Waals surface area contributed by atoms with Crippen LogP contribution in [0.25, 0.3) is 0 Å². The van der Waals surface area contributed by atoms with E-state index in [9.17, 15) is 14.9 Å². The van der Waals surface area contributed by atoms with Crippen molar-refractivity contribution in [2.45, 2.75) is 19.3 Å². The highest BCUT2D eigenvalue weighted by atomic mass is 16.6. The van der Waals surface area contributed by atoms with Gasteiger partial charge in [0, 0.05) is 0 Å². The van der Waals surface area contributed by atoms with Gasteiger partial charge in [0.05, 0.1) is 31.2 Å². The van der Waals surface area contributed by atoms with Crippen molar-refractivity contribution in [2.75, 3.05) is 32.1 Å². The Bertz CT molecular complexity index is 527. The lowest BCUT2D eigenvalue weighted by Gasteiger charge is -2.22. The van der Waals surface area contributed by atoms with Crippen LogP contribution in [0.5, 0.6) is 5.75 Å². The summed E-state index contributed by atoms with van der Waals surface area (Å²) in [5, 5.41) is 13.7. The van der Waals surface area contributed by atoms with Crippen molar-refractivity contribution in [1.82, 2.24) is 0 Å². The van der Waals surface area contributed by atoms with Gasteiger partial charge in [-0.2, -0.15) is 0 Å². The van der Waals surface area contributed by atoms with Crippen molar-refractivity contribution >= 4 is 17.3 Å². The van der Waals surface area contributed by atoms with Crippen molar-refractivity contribution < 1.29 is 19.4 Å². The molecule has 0 aromatic heterocycles. The first-order valence-corrected chi connectivity index (χ1v) is 7.06. The van der Waals surface area contributed by atoms with E-state index < -0.39 is 4.92 Å². The van der Waals surface area contributed by atoms with Crippen molar-refractivity contribution in [3.63, 3.8) is 0 Å². The van der Waals surface area contributed by atoms with Crippen LogP contribution < -0.4 is 15.0 Å². The minimum atomic E-state index is -0.522. The van der Waals surface area contributed by atoms with Crippen LogP contribution in [0, 0.1) is 10.1 Å². The Kier molecular flexibility index (Phi) is 5.10. The molecular weight excluding hydrogens is 274 g/mol. The number of hydrogen-bond donors (Lipinski definition) is 2. The maximum Gasteiger partial charge on any atom is 0.296 e. The van der Waals surface area contributed by atoms with Gasteiger partial charge in [-0.25, -0.2) is 0 Å².